The summed E-state index contributed by atoms with van der Waals surface area (Å²) in [6, 6.07) is 19.4. The van der Waals surface area contributed by atoms with E-state index >= 15 is 0 Å². The molecule has 0 unspecified atom stereocenters. The van der Waals surface area contributed by atoms with Crippen LogP contribution in [0.15, 0.2) is 60.7 Å². The third-order valence-electron chi connectivity index (χ3n) is 6.53. The van der Waals surface area contributed by atoms with Gasteiger partial charge in [-0.1, -0.05) is 30.3 Å². The molecule has 0 spiro atoms. The number of benzene rings is 3. The average Bonchev–Trinajstić information content (AvgIpc) is 2.93. The minimum Gasteiger partial charge on any atom is -0.494 e. The molecule has 4 rings (SSSR count). The molecule has 0 aliphatic rings. The standard InChI is InChI=1S/C31H35N3O4/c1-7-34(8-2)31(35)24-17-23(14-15-26(24)38-19-22-12-10-9-11-13-22)33-25-18-27(36-5)29-28(30(25)37-6)20(3)16-21(4)32-29/h9-18,33H,7-8,19H2,1-6H3. The lowest BCUT2D eigenvalue weighted by atomic mass is 10.1. The number of methoxy groups -OCH3 is 2. The van der Waals surface area contributed by atoms with Gasteiger partial charge in [-0.2, -0.15) is 0 Å². The molecule has 0 fully saturated rings. The number of hydrogen-bond donors (Lipinski definition) is 1. The van der Waals surface area contributed by atoms with Crippen molar-refractivity contribution in [2.45, 2.75) is 34.3 Å². The van der Waals surface area contributed by atoms with Gasteiger partial charge in [0.05, 0.1) is 30.9 Å². The van der Waals surface area contributed by atoms with E-state index in [0.29, 0.717) is 48.2 Å². The quantitative estimate of drug-likeness (QED) is 0.255. The maximum absolute atomic E-state index is 13.5. The molecule has 3 aromatic carbocycles. The van der Waals surface area contributed by atoms with Crippen LogP contribution in [0, 0.1) is 13.8 Å². The number of carbonyl (C=O) groups is 1. The third kappa shape index (κ3) is 5.52. The van der Waals surface area contributed by atoms with Gasteiger partial charge in [-0.25, -0.2) is 4.98 Å². The molecule has 1 N–H and O–H groups in total. The predicted molar refractivity (Wildman–Crippen MR) is 152 cm³/mol. The summed E-state index contributed by atoms with van der Waals surface area (Å²) in [5.41, 5.74) is 5.65. The molecule has 4 aromatic rings. The summed E-state index contributed by atoms with van der Waals surface area (Å²) in [4.78, 5) is 20.0. The van der Waals surface area contributed by atoms with Crippen LogP contribution in [0.4, 0.5) is 11.4 Å². The van der Waals surface area contributed by atoms with Gasteiger partial charge < -0.3 is 24.4 Å². The molecule has 0 aliphatic heterocycles. The van der Waals surface area contributed by atoms with Crippen molar-refractivity contribution in [2.75, 3.05) is 32.6 Å². The van der Waals surface area contributed by atoms with Crippen molar-refractivity contribution in [1.29, 1.82) is 0 Å². The van der Waals surface area contributed by atoms with E-state index in [2.05, 4.69) is 5.32 Å². The van der Waals surface area contributed by atoms with Crippen LogP contribution < -0.4 is 19.5 Å². The lowest BCUT2D eigenvalue weighted by Gasteiger charge is -2.22. The van der Waals surface area contributed by atoms with Crippen LogP contribution in [-0.2, 0) is 6.61 Å². The second-order valence-corrected chi connectivity index (χ2v) is 9.05. The number of ether oxygens (including phenoxy) is 3. The summed E-state index contributed by atoms with van der Waals surface area (Å²) in [6.45, 7) is 9.51. The number of nitrogens with zero attached hydrogens (tertiary/aromatic N) is 2. The van der Waals surface area contributed by atoms with E-state index in [-0.39, 0.29) is 5.91 Å². The Morgan fingerprint density at radius 2 is 1.66 bits per heavy atom. The lowest BCUT2D eigenvalue weighted by Crippen LogP contribution is -2.30. The maximum Gasteiger partial charge on any atom is 0.257 e. The van der Waals surface area contributed by atoms with Crippen LogP contribution in [0.25, 0.3) is 10.9 Å². The third-order valence-corrected chi connectivity index (χ3v) is 6.53. The predicted octanol–water partition coefficient (Wildman–Crippen LogP) is 6.67. The minimum atomic E-state index is -0.0831. The Morgan fingerprint density at radius 3 is 2.32 bits per heavy atom. The molecule has 7 heteroatoms. The van der Waals surface area contributed by atoms with Gasteiger partial charge in [-0.05, 0) is 63.1 Å². The van der Waals surface area contributed by atoms with E-state index in [4.69, 9.17) is 19.2 Å². The van der Waals surface area contributed by atoms with Crippen molar-refractivity contribution < 1.29 is 19.0 Å². The van der Waals surface area contributed by atoms with Crippen LogP contribution in [0.2, 0.25) is 0 Å². The Kier molecular flexibility index (Phi) is 8.36. The van der Waals surface area contributed by atoms with Crippen molar-refractivity contribution >= 4 is 28.2 Å². The number of aryl methyl sites for hydroxylation is 2. The van der Waals surface area contributed by atoms with E-state index in [1.807, 2.05) is 88.4 Å². The summed E-state index contributed by atoms with van der Waals surface area (Å²) in [7, 11) is 3.27. The lowest BCUT2D eigenvalue weighted by molar-refractivity contribution is 0.0768. The molecular weight excluding hydrogens is 478 g/mol. The van der Waals surface area contributed by atoms with E-state index in [1.54, 1.807) is 19.1 Å². The molecule has 0 radical (unpaired) electrons. The number of aromatic nitrogens is 1. The first-order chi connectivity index (χ1) is 18.4. The fraction of sp³-hybridized carbons (Fsp3) is 0.290. The highest BCUT2D eigenvalue weighted by Gasteiger charge is 2.21. The molecule has 0 bridgehead atoms. The Hall–Kier alpha value is -4.26. The molecule has 1 heterocycles. The Labute approximate surface area is 224 Å². The summed E-state index contributed by atoms with van der Waals surface area (Å²) in [5.74, 6) is 1.75. The smallest absolute Gasteiger partial charge is 0.257 e. The van der Waals surface area contributed by atoms with Gasteiger partial charge in [0.15, 0.2) is 5.75 Å². The molecule has 1 amide bonds. The van der Waals surface area contributed by atoms with E-state index < -0.39 is 0 Å². The van der Waals surface area contributed by atoms with Gasteiger partial charge in [-0.3, -0.25) is 4.79 Å². The molecule has 0 aliphatic carbocycles. The average molecular weight is 514 g/mol. The first-order valence-corrected chi connectivity index (χ1v) is 12.8. The number of anilines is 2. The highest BCUT2D eigenvalue weighted by molar-refractivity contribution is 6.00. The van der Waals surface area contributed by atoms with Crippen molar-refractivity contribution in [1.82, 2.24) is 9.88 Å². The highest BCUT2D eigenvalue weighted by Crippen LogP contribution is 2.42. The van der Waals surface area contributed by atoms with Gasteiger partial charge in [0.1, 0.15) is 23.6 Å². The Morgan fingerprint density at radius 1 is 0.921 bits per heavy atom. The molecule has 38 heavy (non-hydrogen) atoms. The zero-order chi connectivity index (χ0) is 27.2. The fourth-order valence-electron chi connectivity index (χ4n) is 4.63. The summed E-state index contributed by atoms with van der Waals surface area (Å²) in [5, 5.41) is 4.32. The number of rotatable bonds is 10. The Bertz CT molecular complexity index is 1430. The van der Waals surface area contributed by atoms with E-state index in [1.165, 1.54) is 0 Å². The molecule has 1 aromatic heterocycles. The van der Waals surface area contributed by atoms with Crippen molar-refractivity contribution in [3.8, 4) is 17.2 Å². The number of fused-ring (bicyclic) bond motifs is 1. The Balaban J connectivity index is 1.76. The zero-order valence-corrected chi connectivity index (χ0v) is 22.9. The minimum absolute atomic E-state index is 0.0831. The number of pyridine rings is 1. The SMILES string of the molecule is CCN(CC)C(=O)c1cc(Nc2cc(OC)c3nc(C)cc(C)c3c2OC)ccc1OCc1ccccc1. The van der Waals surface area contributed by atoms with Crippen molar-refractivity contribution in [3.63, 3.8) is 0 Å². The molecule has 0 saturated carbocycles. The normalized spacial score (nSPS) is 10.8. The molecular formula is C31H35N3O4. The number of nitrogens with one attached hydrogen (secondary N) is 1. The largest absolute Gasteiger partial charge is 0.494 e. The fourth-order valence-corrected chi connectivity index (χ4v) is 4.63. The van der Waals surface area contributed by atoms with Gasteiger partial charge >= 0.3 is 0 Å². The van der Waals surface area contributed by atoms with E-state index in [0.717, 1.165) is 33.4 Å². The molecule has 0 atom stereocenters. The first kappa shape index (κ1) is 26.8. The van der Waals surface area contributed by atoms with Gasteiger partial charge in [0.25, 0.3) is 5.91 Å². The highest BCUT2D eigenvalue weighted by atomic mass is 16.5. The summed E-state index contributed by atoms with van der Waals surface area (Å²) in [6.07, 6.45) is 0. The first-order valence-electron chi connectivity index (χ1n) is 12.8. The zero-order valence-electron chi connectivity index (χ0n) is 22.9. The van der Waals surface area contributed by atoms with Crippen molar-refractivity contribution in [3.05, 3.63) is 83.0 Å². The summed E-state index contributed by atoms with van der Waals surface area (Å²) >= 11 is 0. The van der Waals surface area contributed by atoms with Gasteiger partial charge in [0.2, 0.25) is 0 Å². The van der Waals surface area contributed by atoms with Crippen LogP contribution in [0.1, 0.15) is 41.0 Å². The van der Waals surface area contributed by atoms with Gasteiger partial charge in [0, 0.05) is 30.5 Å². The van der Waals surface area contributed by atoms with Gasteiger partial charge in [-0.15, -0.1) is 0 Å². The monoisotopic (exact) mass is 513 g/mol. The van der Waals surface area contributed by atoms with Crippen LogP contribution >= 0.6 is 0 Å². The van der Waals surface area contributed by atoms with Crippen LogP contribution in [0.5, 0.6) is 17.2 Å². The topological polar surface area (TPSA) is 72.9 Å². The number of amides is 1. The molecule has 0 saturated heterocycles. The summed E-state index contributed by atoms with van der Waals surface area (Å²) < 4.78 is 17.7. The maximum atomic E-state index is 13.5. The molecule has 198 valence electrons. The number of hydrogen-bond acceptors (Lipinski definition) is 6. The molecule has 7 nitrogen and oxygen atoms in total. The second-order valence-electron chi connectivity index (χ2n) is 9.05. The van der Waals surface area contributed by atoms with Crippen molar-refractivity contribution in [2.24, 2.45) is 0 Å². The van der Waals surface area contributed by atoms with E-state index in [9.17, 15) is 4.79 Å². The van der Waals surface area contributed by atoms with Crippen LogP contribution in [-0.4, -0.2) is 43.1 Å². The second kappa shape index (κ2) is 11.9. The number of carbonyl (C=O) groups excluding carboxylic acids is 1. The van der Waals surface area contributed by atoms with Crippen LogP contribution in [0.3, 0.4) is 0 Å².